The molecule has 1 N–H and O–H groups in total. The van der Waals surface area contributed by atoms with Crippen molar-refractivity contribution in [3.63, 3.8) is 0 Å². The molecule has 0 spiro atoms. The van der Waals surface area contributed by atoms with Gasteiger partial charge in [0.15, 0.2) is 0 Å². The summed E-state index contributed by atoms with van der Waals surface area (Å²) in [6.07, 6.45) is 0. The van der Waals surface area contributed by atoms with Gasteiger partial charge in [0.25, 0.3) is 0 Å². The number of hydrogen-bond acceptors (Lipinski definition) is 2. The molecule has 0 radical (unpaired) electrons. The maximum Gasteiger partial charge on any atom is 0.123 e. The molecular formula is C15H18FNS. The third kappa shape index (κ3) is 2.72. The van der Waals surface area contributed by atoms with E-state index in [1.54, 1.807) is 12.1 Å². The quantitative estimate of drug-likeness (QED) is 0.823. The number of nitrogens with one attached hydrogen (secondary N) is 1. The van der Waals surface area contributed by atoms with Crippen LogP contribution < -0.4 is 5.32 Å². The molecule has 18 heavy (non-hydrogen) atoms. The number of thiophene rings is 1. The molecule has 0 amide bonds. The first-order valence-corrected chi connectivity index (χ1v) is 6.88. The molecule has 1 aromatic heterocycles. The maximum absolute atomic E-state index is 13.0. The highest BCUT2D eigenvalue weighted by atomic mass is 32.1. The number of benzene rings is 1. The Morgan fingerprint density at radius 2 is 1.89 bits per heavy atom. The van der Waals surface area contributed by atoms with Crippen molar-refractivity contribution in [3.05, 3.63) is 51.0 Å². The zero-order valence-electron chi connectivity index (χ0n) is 11.2. The van der Waals surface area contributed by atoms with E-state index in [1.807, 2.05) is 18.3 Å². The van der Waals surface area contributed by atoms with E-state index in [4.69, 9.17) is 0 Å². The van der Waals surface area contributed by atoms with Crippen molar-refractivity contribution < 1.29 is 4.39 Å². The van der Waals surface area contributed by atoms with Gasteiger partial charge in [-0.15, -0.1) is 11.3 Å². The van der Waals surface area contributed by atoms with E-state index in [2.05, 4.69) is 32.2 Å². The number of anilines is 1. The van der Waals surface area contributed by atoms with Crippen LogP contribution in [-0.4, -0.2) is 0 Å². The Morgan fingerprint density at radius 3 is 2.44 bits per heavy atom. The Hall–Kier alpha value is -1.35. The van der Waals surface area contributed by atoms with Crippen LogP contribution in [-0.2, 0) is 0 Å². The molecule has 3 heteroatoms. The van der Waals surface area contributed by atoms with Crippen molar-refractivity contribution in [1.82, 2.24) is 0 Å². The van der Waals surface area contributed by atoms with Gasteiger partial charge in [0.05, 0.1) is 0 Å². The topological polar surface area (TPSA) is 12.0 Å². The Bertz CT molecular complexity index is 560. The first kappa shape index (κ1) is 13.1. The van der Waals surface area contributed by atoms with Gasteiger partial charge in [-0.2, -0.15) is 0 Å². The van der Waals surface area contributed by atoms with E-state index >= 15 is 0 Å². The molecule has 0 aliphatic rings. The van der Waals surface area contributed by atoms with Crippen LogP contribution in [0.1, 0.15) is 33.8 Å². The smallest absolute Gasteiger partial charge is 0.123 e. The largest absolute Gasteiger partial charge is 0.378 e. The minimum atomic E-state index is -0.187. The molecule has 1 atom stereocenters. The first-order chi connectivity index (χ1) is 8.47. The zero-order chi connectivity index (χ0) is 13.3. The van der Waals surface area contributed by atoms with Gasteiger partial charge in [0, 0.05) is 21.5 Å². The van der Waals surface area contributed by atoms with Crippen molar-refractivity contribution in [1.29, 1.82) is 0 Å². The van der Waals surface area contributed by atoms with Gasteiger partial charge < -0.3 is 5.32 Å². The number of rotatable bonds is 3. The lowest BCUT2D eigenvalue weighted by Crippen LogP contribution is -2.07. The minimum absolute atomic E-state index is 0.187. The zero-order valence-corrected chi connectivity index (χ0v) is 12.0. The summed E-state index contributed by atoms with van der Waals surface area (Å²) >= 11 is 1.81. The van der Waals surface area contributed by atoms with E-state index in [0.717, 1.165) is 11.3 Å². The van der Waals surface area contributed by atoms with Crippen LogP contribution in [0.5, 0.6) is 0 Å². The average molecular weight is 263 g/mol. The van der Waals surface area contributed by atoms with Gasteiger partial charge in [-0.05, 0) is 63.1 Å². The molecule has 2 rings (SSSR count). The minimum Gasteiger partial charge on any atom is -0.378 e. The fourth-order valence-corrected chi connectivity index (χ4v) is 3.20. The third-order valence-corrected chi connectivity index (χ3v) is 4.09. The van der Waals surface area contributed by atoms with Crippen molar-refractivity contribution >= 4 is 17.0 Å². The van der Waals surface area contributed by atoms with E-state index in [9.17, 15) is 4.39 Å². The lowest BCUT2D eigenvalue weighted by molar-refractivity contribution is 0.626. The highest BCUT2D eigenvalue weighted by Gasteiger charge is 2.12. The van der Waals surface area contributed by atoms with Crippen LogP contribution in [0.15, 0.2) is 24.3 Å². The molecule has 1 aromatic carbocycles. The first-order valence-electron chi connectivity index (χ1n) is 6.07. The molecule has 0 aliphatic heterocycles. The van der Waals surface area contributed by atoms with Gasteiger partial charge in [-0.1, -0.05) is 0 Å². The second-order valence-corrected chi connectivity index (χ2v) is 6.15. The van der Waals surface area contributed by atoms with Gasteiger partial charge in [0.2, 0.25) is 0 Å². The molecule has 1 nitrogen and oxygen atoms in total. The normalized spacial score (nSPS) is 12.5. The summed E-state index contributed by atoms with van der Waals surface area (Å²) in [6.45, 7) is 8.32. The average Bonchev–Trinajstić information content (AvgIpc) is 2.62. The second kappa shape index (κ2) is 5.11. The molecule has 1 heterocycles. The van der Waals surface area contributed by atoms with Crippen LogP contribution in [0.4, 0.5) is 10.1 Å². The highest BCUT2D eigenvalue weighted by molar-refractivity contribution is 7.12. The number of aryl methyl sites for hydroxylation is 3. The third-order valence-electron chi connectivity index (χ3n) is 3.11. The SMILES string of the molecule is Cc1cc(C(C)Nc2ccc(F)cc2C)c(C)s1. The van der Waals surface area contributed by atoms with E-state index in [1.165, 1.54) is 21.4 Å². The Labute approximate surface area is 112 Å². The molecule has 2 aromatic rings. The van der Waals surface area contributed by atoms with Gasteiger partial charge in [-0.25, -0.2) is 4.39 Å². The van der Waals surface area contributed by atoms with Gasteiger partial charge >= 0.3 is 0 Å². The lowest BCUT2D eigenvalue weighted by Gasteiger charge is -2.17. The van der Waals surface area contributed by atoms with Crippen LogP contribution >= 0.6 is 11.3 Å². The van der Waals surface area contributed by atoms with Crippen molar-refractivity contribution in [2.75, 3.05) is 5.32 Å². The molecule has 0 bridgehead atoms. The Morgan fingerprint density at radius 1 is 1.17 bits per heavy atom. The highest BCUT2D eigenvalue weighted by Crippen LogP contribution is 2.29. The van der Waals surface area contributed by atoms with Gasteiger partial charge in [0.1, 0.15) is 5.82 Å². The molecule has 0 saturated heterocycles. The van der Waals surface area contributed by atoms with Crippen molar-refractivity contribution in [2.24, 2.45) is 0 Å². The van der Waals surface area contributed by atoms with Crippen LogP contribution in [0, 0.1) is 26.6 Å². The van der Waals surface area contributed by atoms with Crippen molar-refractivity contribution in [3.8, 4) is 0 Å². The summed E-state index contributed by atoms with van der Waals surface area (Å²) < 4.78 is 13.0. The molecular weight excluding hydrogens is 245 g/mol. The predicted octanol–water partition coefficient (Wildman–Crippen LogP) is 4.99. The van der Waals surface area contributed by atoms with Crippen molar-refractivity contribution in [2.45, 2.75) is 33.7 Å². The molecule has 1 unspecified atom stereocenters. The lowest BCUT2D eigenvalue weighted by atomic mass is 10.1. The molecule has 0 aliphatic carbocycles. The number of halogens is 1. The molecule has 0 saturated carbocycles. The summed E-state index contributed by atoms with van der Waals surface area (Å²) in [5.74, 6) is -0.187. The molecule has 96 valence electrons. The fraction of sp³-hybridized carbons (Fsp3) is 0.333. The number of hydrogen-bond donors (Lipinski definition) is 1. The van der Waals surface area contributed by atoms with Gasteiger partial charge in [-0.3, -0.25) is 0 Å². The summed E-state index contributed by atoms with van der Waals surface area (Å²) in [5, 5.41) is 3.45. The van der Waals surface area contributed by atoms with E-state index in [0.29, 0.717) is 0 Å². The second-order valence-electron chi connectivity index (χ2n) is 4.69. The summed E-state index contributed by atoms with van der Waals surface area (Å²) in [6, 6.07) is 7.31. The van der Waals surface area contributed by atoms with Crippen LogP contribution in [0.2, 0.25) is 0 Å². The standard InChI is InChI=1S/C15H18FNS/c1-9-7-13(16)5-6-15(9)17-11(3)14-8-10(2)18-12(14)4/h5-8,11,17H,1-4H3. The maximum atomic E-state index is 13.0. The Kier molecular flexibility index (Phi) is 3.71. The van der Waals surface area contributed by atoms with E-state index in [-0.39, 0.29) is 11.9 Å². The Balaban J connectivity index is 2.21. The monoisotopic (exact) mass is 263 g/mol. The van der Waals surface area contributed by atoms with E-state index < -0.39 is 0 Å². The summed E-state index contributed by atoms with van der Waals surface area (Å²) in [5.41, 5.74) is 3.25. The van der Waals surface area contributed by atoms with Crippen LogP contribution in [0.3, 0.4) is 0 Å². The predicted molar refractivity (Wildman–Crippen MR) is 77.0 cm³/mol. The fourth-order valence-electron chi connectivity index (χ4n) is 2.18. The summed E-state index contributed by atoms with van der Waals surface area (Å²) in [4.78, 5) is 2.67. The molecule has 0 fully saturated rings. The van der Waals surface area contributed by atoms with Crippen LogP contribution in [0.25, 0.3) is 0 Å². The summed E-state index contributed by atoms with van der Waals surface area (Å²) in [7, 11) is 0.